The zero-order valence-electron chi connectivity index (χ0n) is 11.3. The molecule has 0 bridgehead atoms. The zero-order valence-corrected chi connectivity index (χ0v) is 14.5. The van der Waals surface area contributed by atoms with Gasteiger partial charge in [0.2, 0.25) is 11.0 Å². The molecule has 116 valence electrons. The lowest BCUT2D eigenvalue weighted by molar-refractivity contribution is -0.113. The normalized spacial score (nSPS) is 13.9. The molecule has 1 saturated carbocycles. The van der Waals surface area contributed by atoms with Gasteiger partial charge in [-0.1, -0.05) is 46.3 Å². The Balaban J connectivity index is 1.48. The average molecular weight is 375 g/mol. The van der Waals surface area contributed by atoms with E-state index in [-0.39, 0.29) is 11.7 Å². The van der Waals surface area contributed by atoms with E-state index < -0.39 is 0 Å². The number of amides is 1. The van der Waals surface area contributed by atoms with Gasteiger partial charge in [0.15, 0.2) is 4.34 Å². The first kappa shape index (κ1) is 15.9. The van der Waals surface area contributed by atoms with Crippen molar-refractivity contribution < 1.29 is 4.79 Å². The van der Waals surface area contributed by atoms with E-state index in [1.54, 1.807) is 18.2 Å². The molecule has 1 aliphatic rings. The van der Waals surface area contributed by atoms with E-state index in [1.807, 2.05) is 0 Å². The topological polar surface area (TPSA) is 66.9 Å². The summed E-state index contributed by atoms with van der Waals surface area (Å²) in [5.74, 6) is 0.133. The van der Waals surface area contributed by atoms with Gasteiger partial charge in [-0.05, 0) is 31.0 Å². The number of benzene rings is 1. The summed E-state index contributed by atoms with van der Waals surface area (Å²) in [6, 6.07) is 5.52. The first-order valence-electron chi connectivity index (χ1n) is 6.58. The van der Waals surface area contributed by atoms with Gasteiger partial charge in [-0.15, -0.1) is 10.2 Å². The van der Waals surface area contributed by atoms with Gasteiger partial charge in [0.05, 0.1) is 15.8 Å². The van der Waals surface area contributed by atoms with Gasteiger partial charge < -0.3 is 10.6 Å². The first-order chi connectivity index (χ1) is 10.6. The van der Waals surface area contributed by atoms with Crippen molar-refractivity contribution in [2.75, 3.05) is 16.4 Å². The molecule has 9 heteroatoms. The van der Waals surface area contributed by atoms with Crippen LogP contribution in [0.2, 0.25) is 10.0 Å². The molecule has 0 atom stereocenters. The van der Waals surface area contributed by atoms with E-state index in [0.29, 0.717) is 21.8 Å². The lowest BCUT2D eigenvalue weighted by atomic mass is 10.3. The molecule has 1 amide bonds. The second kappa shape index (κ2) is 7.04. The summed E-state index contributed by atoms with van der Waals surface area (Å²) < 4.78 is 0.771. The van der Waals surface area contributed by atoms with Crippen LogP contribution in [-0.4, -0.2) is 27.9 Å². The Labute approximate surface area is 145 Å². The lowest BCUT2D eigenvalue weighted by Gasteiger charge is -2.05. The van der Waals surface area contributed by atoms with E-state index in [0.717, 1.165) is 9.47 Å². The largest absolute Gasteiger partial charge is 0.357 e. The number of hydrogen-bond donors (Lipinski definition) is 2. The van der Waals surface area contributed by atoms with Crippen LogP contribution in [0.4, 0.5) is 10.8 Å². The Morgan fingerprint density at radius 1 is 1.32 bits per heavy atom. The highest BCUT2D eigenvalue weighted by atomic mass is 35.5. The molecule has 0 unspecified atom stereocenters. The number of nitrogens with zero attached hydrogens (tertiary/aromatic N) is 2. The molecule has 1 aliphatic carbocycles. The zero-order chi connectivity index (χ0) is 15.5. The number of halogens is 2. The number of rotatable bonds is 6. The molecule has 2 N–H and O–H groups in total. The Morgan fingerprint density at radius 2 is 2.14 bits per heavy atom. The molecular formula is C13H12Cl2N4OS2. The van der Waals surface area contributed by atoms with Gasteiger partial charge in [-0.2, -0.15) is 0 Å². The number of nitrogens with one attached hydrogen (secondary N) is 2. The van der Waals surface area contributed by atoms with E-state index in [4.69, 9.17) is 23.2 Å². The summed E-state index contributed by atoms with van der Waals surface area (Å²) in [7, 11) is 0. The minimum Gasteiger partial charge on any atom is -0.357 e. The summed E-state index contributed by atoms with van der Waals surface area (Å²) in [6.07, 6.45) is 2.38. The van der Waals surface area contributed by atoms with Crippen LogP contribution < -0.4 is 10.6 Å². The van der Waals surface area contributed by atoms with E-state index in [1.165, 1.54) is 35.9 Å². The molecule has 5 nitrogen and oxygen atoms in total. The van der Waals surface area contributed by atoms with Crippen LogP contribution in [-0.2, 0) is 4.79 Å². The van der Waals surface area contributed by atoms with Crippen LogP contribution in [0.1, 0.15) is 12.8 Å². The minimum atomic E-state index is -0.129. The van der Waals surface area contributed by atoms with Crippen molar-refractivity contribution in [1.29, 1.82) is 0 Å². The number of anilines is 2. The van der Waals surface area contributed by atoms with Gasteiger partial charge in [-0.25, -0.2) is 0 Å². The number of carbonyl (C=O) groups is 1. The third-order valence-electron chi connectivity index (χ3n) is 2.84. The van der Waals surface area contributed by atoms with Gasteiger partial charge in [-0.3, -0.25) is 4.79 Å². The average Bonchev–Trinajstić information content (AvgIpc) is 3.18. The van der Waals surface area contributed by atoms with Crippen LogP contribution in [0.15, 0.2) is 22.5 Å². The molecule has 1 aromatic carbocycles. The van der Waals surface area contributed by atoms with Crippen molar-refractivity contribution in [3.8, 4) is 0 Å². The molecule has 0 aliphatic heterocycles. The van der Waals surface area contributed by atoms with Gasteiger partial charge >= 0.3 is 0 Å². The van der Waals surface area contributed by atoms with Gasteiger partial charge in [0.25, 0.3) is 0 Å². The molecule has 1 aromatic heterocycles. The minimum absolute atomic E-state index is 0.129. The predicted octanol–water partition coefficient (Wildman–Crippen LogP) is 4.15. The first-order valence-corrected chi connectivity index (χ1v) is 9.14. The van der Waals surface area contributed by atoms with Crippen molar-refractivity contribution in [1.82, 2.24) is 10.2 Å². The van der Waals surface area contributed by atoms with Crippen LogP contribution >= 0.6 is 46.3 Å². The molecule has 22 heavy (non-hydrogen) atoms. The fourth-order valence-electron chi connectivity index (χ4n) is 1.63. The molecule has 1 heterocycles. The van der Waals surface area contributed by atoms with Crippen molar-refractivity contribution in [3.05, 3.63) is 28.2 Å². The number of thioether (sulfide) groups is 1. The molecule has 0 saturated heterocycles. The molecule has 3 rings (SSSR count). The molecule has 0 spiro atoms. The van der Waals surface area contributed by atoms with E-state index in [2.05, 4.69) is 20.8 Å². The summed E-state index contributed by atoms with van der Waals surface area (Å²) in [4.78, 5) is 11.9. The smallest absolute Gasteiger partial charge is 0.234 e. The second-order valence-corrected chi connectivity index (χ2v) is 7.77. The van der Waals surface area contributed by atoms with Crippen LogP contribution in [0.5, 0.6) is 0 Å². The standard InChI is InChI=1S/C13H12Cl2N4OS2/c14-9-4-3-8(5-10(9)15)16-11(20)6-21-13-19-18-12(22-13)17-7-1-2-7/h3-5,7H,1-2,6H2,(H,16,20)(H,17,18). The monoisotopic (exact) mass is 374 g/mol. The maximum Gasteiger partial charge on any atom is 0.234 e. The lowest BCUT2D eigenvalue weighted by Crippen LogP contribution is -2.13. The van der Waals surface area contributed by atoms with Crippen molar-refractivity contribution in [2.45, 2.75) is 23.2 Å². The maximum atomic E-state index is 11.9. The second-order valence-electron chi connectivity index (χ2n) is 4.76. The molecule has 1 fully saturated rings. The summed E-state index contributed by atoms with van der Waals surface area (Å²) in [5.41, 5.74) is 0.619. The Kier molecular flexibility index (Phi) is 5.07. The highest BCUT2D eigenvalue weighted by molar-refractivity contribution is 8.01. The quantitative estimate of drug-likeness (QED) is 0.743. The third-order valence-corrected chi connectivity index (χ3v) is 5.57. The molecule has 2 aromatic rings. The fraction of sp³-hybridized carbons (Fsp3) is 0.308. The van der Waals surface area contributed by atoms with Crippen LogP contribution in [0, 0.1) is 0 Å². The van der Waals surface area contributed by atoms with E-state index in [9.17, 15) is 4.79 Å². The highest BCUT2D eigenvalue weighted by Crippen LogP contribution is 2.30. The van der Waals surface area contributed by atoms with Crippen molar-refractivity contribution in [2.24, 2.45) is 0 Å². The van der Waals surface area contributed by atoms with Gasteiger partial charge in [0.1, 0.15) is 0 Å². The van der Waals surface area contributed by atoms with Crippen LogP contribution in [0.3, 0.4) is 0 Å². The predicted molar refractivity (Wildman–Crippen MR) is 92.4 cm³/mol. The summed E-state index contributed by atoms with van der Waals surface area (Å²) in [5, 5.41) is 15.8. The van der Waals surface area contributed by atoms with Crippen molar-refractivity contribution >= 4 is 63.0 Å². The van der Waals surface area contributed by atoms with E-state index >= 15 is 0 Å². The Bertz CT molecular complexity index is 690. The Morgan fingerprint density at radius 3 is 2.86 bits per heavy atom. The van der Waals surface area contributed by atoms with Gasteiger partial charge in [0, 0.05) is 11.7 Å². The SMILES string of the molecule is O=C(CSc1nnc(NC2CC2)s1)Nc1ccc(Cl)c(Cl)c1. The molecule has 0 radical (unpaired) electrons. The fourth-order valence-corrected chi connectivity index (χ4v) is 3.55. The number of hydrogen-bond acceptors (Lipinski definition) is 6. The highest BCUT2D eigenvalue weighted by Gasteiger charge is 2.22. The summed E-state index contributed by atoms with van der Waals surface area (Å²) >= 11 is 14.6. The molecular weight excluding hydrogens is 363 g/mol. The Hall–Kier alpha value is -1.02. The van der Waals surface area contributed by atoms with Crippen molar-refractivity contribution in [3.63, 3.8) is 0 Å². The maximum absolute atomic E-state index is 11.9. The van der Waals surface area contributed by atoms with Crippen LogP contribution in [0.25, 0.3) is 0 Å². The number of carbonyl (C=O) groups excluding carboxylic acids is 1. The third kappa shape index (κ3) is 4.49. The summed E-state index contributed by atoms with van der Waals surface area (Å²) in [6.45, 7) is 0. The number of aromatic nitrogens is 2.